The molecule has 0 atom stereocenters. The van der Waals surface area contributed by atoms with Crippen molar-refractivity contribution in [3.63, 3.8) is 0 Å². The summed E-state index contributed by atoms with van der Waals surface area (Å²) in [6.07, 6.45) is 4.39. The van der Waals surface area contributed by atoms with E-state index in [1.165, 1.54) is 16.5 Å². The highest BCUT2D eigenvalue weighted by atomic mass is 79.9. The number of hydrogen-bond donors (Lipinski definition) is 1. The van der Waals surface area contributed by atoms with Crippen LogP contribution in [0.15, 0.2) is 28.9 Å². The van der Waals surface area contributed by atoms with Crippen LogP contribution in [0, 0.1) is 0 Å². The largest absolute Gasteiger partial charge is 0.395 e. The van der Waals surface area contributed by atoms with Crippen molar-refractivity contribution in [3.05, 3.63) is 34.4 Å². The number of rotatable bonds is 2. The first-order valence-corrected chi connectivity index (χ1v) is 6.31. The monoisotopic (exact) mass is 279 g/mol. The molecule has 84 valence electrons. The van der Waals surface area contributed by atoms with Gasteiger partial charge in [-0.2, -0.15) is 0 Å². The third-order valence-electron chi connectivity index (χ3n) is 3.68. The van der Waals surface area contributed by atoms with E-state index in [0.717, 1.165) is 17.3 Å². The summed E-state index contributed by atoms with van der Waals surface area (Å²) < 4.78 is 3.24. The SMILES string of the molecule is Cn1cc(C2(CO)CC2)c2ccc(Br)cc21. The number of aliphatic hydroxyl groups excluding tert-OH is 1. The fraction of sp³-hybridized carbons (Fsp3) is 0.385. The molecule has 1 fully saturated rings. The topological polar surface area (TPSA) is 25.2 Å². The Morgan fingerprint density at radius 1 is 1.44 bits per heavy atom. The van der Waals surface area contributed by atoms with Gasteiger partial charge in [-0.3, -0.25) is 0 Å². The van der Waals surface area contributed by atoms with Crippen molar-refractivity contribution in [1.29, 1.82) is 0 Å². The summed E-state index contributed by atoms with van der Waals surface area (Å²) in [5.41, 5.74) is 2.58. The van der Waals surface area contributed by atoms with Crippen LogP contribution in [-0.4, -0.2) is 16.3 Å². The smallest absolute Gasteiger partial charge is 0.0528 e. The summed E-state index contributed by atoms with van der Waals surface area (Å²) >= 11 is 3.50. The van der Waals surface area contributed by atoms with Gasteiger partial charge in [0.2, 0.25) is 0 Å². The van der Waals surface area contributed by atoms with E-state index in [1.807, 2.05) is 0 Å². The minimum absolute atomic E-state index is 0.0489. The lowest BCUT2D eigenvalue weighted by Gasteiger charge is -2.09. The summed E-state index contributed by atoms with van der Waals surface area (Å²) in [6.45, 7) is 0.266. The Balaban J connectivity index is 2.27. The predicted octanol–water partition coefficient (Wildman–Crippen LogP) is 2.96. The molecule has 1 aromatic heterocycles. The fourth-order valence-corrected chi connectivity index (χ4v) is 2.79. The van der Waals surface area contributed by atoms with Gasteiger partial charge in [0, 0.05) is 34.0 Å². The van der Waals surface area contributed by atoms with Gasteiger partial charge in [-0.05, 0) is 30.5 Å². The summed E-state index contributed by atoms with van der Waals surface area (Å²) in [5.74, 6) is 0. The molecular weight excluding hydrogens is 266 g/mol. The van der Waals surface area contributed by atoms with Crippen LogP contribution >= 0.6 is 15.9 Å². The Kier molecular flexibility index (Phi) is 2.17. The zero-order valence-electron chi connectivity index (χ0n) is 9.20. The Morgan fingerprint density at radius 2 is 2.19 bits per heavy atom. The highest BCUT2D eigenvalue weighted by Crippen LogP contribution is 2.50. The van der Waals surface area contributed by atoms with Crippen molar-refractivity contribution < 1.29 is 5.11 Å². The van der Waals surface area contributed by atoms with Crippen molar-refractivity contribution in [2.45, 2.75) is 18.3 Å². The van der Waals surface area contributed by atoms with Crippen LogP contribution in [0.4, 0.5) is 0 Å². The molecule has 0 saturated heterocycles. The number of hydrogen-bond acceptors (Lipinski definition) is 1. The third-order valence-corrected chi connectivity index (χ3v) is 4.17. The highest BCUT2D eigenvalue weighted by molar-refractivity contribution is 9.10. The number of halogens is 1. The minimum atomic E-state index is 0.0489. The Hall–Kier alpha value is -0.800. The minimum Gasteiger partial charge on any atom is -0.395 e. The summed E-state index contributed by atoms with van der Waals surface area (Å²) in [6, 6.07) is 6.34. The van der Waals surface area contributed by atoms with Crippen LogP contribution in [0.1, 0.15) is 18.4 Å². The number of aryl methyl sites for hydroxylation is 1. The van der Waals surface area contributed by atoms with Crippen molar-refractivity contribution in [2.24, 2.45) is 7.05 Å². The molecule has 0 aliphatic heterocycles. The first-order valence-electron chi connectivity index (χ1n) is 5.52. The lowest BCUT2D eigenvalue weighted by atomic mass is 9.97. The zero-order chi connectivity index (χ0) is 11.3. The Labute approximate surface area is 103 Å². The summed E-state index contributed by atoms with van der Waals surface area (Å²) in [5, 5.41) is 10.8. The molecular formula is C13H14BrNO. The molecule has 3 rings (SSSR count). The van der Waals surface area contributed by atoms with Crippen molar-refractivity contribution in [1.82, 2.24) is 4.57 Å². The molecule has 0 spiro atoms. The molecule has 0 radical (unpaired) electrons. The van der Waals surface area contributed by atoms with E-state index in [4.69, 9.17) is 0 Å². The second-order valence-corrected chi connectivity index (χ2v) is 5.67. The summed E-state index contributed by atoms with van der Waals surface area (Å²) in [4.78, 5) is 0. The van der Waals surface area contributed by atoms with Crippen molar-refractivity contribution in [2.75, 3.05) is 6.61 Å². The zero-order valence-corrected chi connectivity index (χ0v) is 10.8. The number of nitrogens with zero attached hydrogens (tertiary/aromatic N) is 1. The third kappa shape index (κ3) is 1.35. The van der Waals surface area contributed by atoms with E-state index in [2.05, 4.69) is 51.9 Å². The molecule has 1 aliphatic carbocycles. The maximum Gasteiger partial charge on any atom is 0.0528 e. The average molecular weight is 280 g/mol. The normalized spacial score (nSPS) is 17.9. The highest BCUT2D eigenvalue weighted by Gasteiger charge is 2.45. The Bertz CT molecular complexity index is 554. The molecule has 1 saturated carbocycles. The van der Waals surface area contributed by atoms with Gasteiger partial charge in [0.25, 0.3) is 0 Å². The van der Waals surface area contributed by atoms with E-state index in [0.29, 0.717) is 0 Å². The Morgan fingerprint density at radius 3 is 2.81 bits per heavy atom. The van der Waals surface area contributed by atoms with E-state index < -0.39 is 0 Å². The van der Waals surface area contributed by atoms with E-state index in [1.54, 1.807) is 0 Å². The molecule has 1 heterocycles. The first-order chi connectivity index (χ1) is 7.66. The number of aliphatic hydroxyl groups is 1. The molecule has 0 unspecified atom stereocenters. The quantitative estimate of drug-likeness (QED) is 0.899. The maximum atomic E-state index is 9.51. The molecule has 1 aliphatic rings. The average Bonchev–Trinajstić information content (AvgIpc) is 3.01. The van der Waals surface area contributed by atoms with Gasteiger partial charge in [0.05, 0.1) is 6.61 Å². The molecule has 1 aromatic carbocycles. The van der Waals surface area contributed by atoms with Gasteiger partial charge in [-0.25, -0.2) is 0 Å². The van der Waals surface area contributed by atoms with Gasteiger partial charge in [-0.15, -0.1) is 0 Å². The standard InChI is InChI=1S/C13H14BrNO/c1-15-7-11(13(8-16)4-5-13)10-3-2-9(14)6-12(10)15/h2-3,6-7,16H,4-5,8H2,1H3. The molecule has 16 heavy (non-hydrogen) atoms. The second kappa shape index (κ2) is 3.34. The van der Waals surface area contributed by atoms with Gasteiger partial charge in [-0.1, -0.05) is 22.0 Å². The molecule has 2 nitrogen and oxygen atoms in total. The fourth-order valence-electron chi connectivity index (χ4n) is 2.44. The molecule has 3 heteroatoms. The van der Waals surface area contributed by atoms with Crippen LogP contribution in [0.2, 0.25) is 0 Å². The van der Waals surface area contributed by atoms with E-state index in [-0.39, 0.29) is 12.0 Å². The van der Waals surface area contributed by atoms with Gasteiger partial charge in [0.15, 0.2) is 0 Å². The van der Waals surface area contributed by atoms with Crippen molar-refractivity contribution in [3.8, 4) is 0 Å². The van der Waals surface area contributed by atoms with Gasteiger partial charge in [0.1, 0.15) is 0 Å². The van der Waals surface area contributed by atoms with Crippen LogP contribution in [0.5, 0.6) is 0 Å². The van der Waals surface area contributed by atoms with Gasteiger partial charge >= 0.3 is 0 Å². The first kappa shape index (κ1) is 10.4. The maximum absolute atomic E-state index is 9.51. The molecule has 0 bridgehead atoms. The number of aromatic nitrogens is 1. The van der Waals surface area contributed by atoms with Crippen LogP contribution < -0.4 is 0 Å². The van der Waals surface area contributed by atoms with Crippen LogP contribution in [0.25, 0.3) is 10.9 Å². The molecule has 2 aromatic rings. The molecule has 0 amide bonds. The van der Waals surface area contributed by atoms with E-state index >= 15 is 0 Å². The predicted molar refractivity (Wildman–Crippen MR) is 68.6 cm³/mol. The second-order valence-electron chi connectivity index (χ2n) is 4.75. The van der Waals surface area contributed by atoms with E-state index in [9.17, 15) is 5.11 Å². The van der Waals surface area contributed by atoms with Crippen LogP contribution in [0.3, 0.4) is 0 Å². The summed E-state index contributed by atoms with van der Waals surface area (Å²) in [7, 11) is 2.06. The molecule has 1 N–H and O–H groups in total. The number of fused-ring (bicyclic) bond motifs is 1. The van der Waals surface area contributed by atoms with Crippen molar-refractivity contribution >= 4 is 26.8 Å². The lowest BCUT2D eigenvalue weighted by Crippen LogP contribution is -2.11. The number of benzene rings is 1. The van der Waals surface area contributed by atoms with Gasteiger partial charge < -0.3 is 9.67 Å². The van der Waals surface area contributed by atoms with Crippen LogP contribution in [-0.2, 0) is 12.5 Å². The lowest BCUT2D eigenvalue weighted by molar-refractivity contribution is 0.255.